The number of pyridine rings is 1. The predicted molar refractivity (Wildman–Crippen MR) is 98.3 cm³/mol. The first-order valence-electron chi connectivity index (χ1n) is 7.76. The van der Waals surface area contributed by atoms with Crippen LogP contribution in [0.15, 0.2) is 65.7 Å². The molecule has 0 aliphatic heterocycles. The summed E-state index contributed by atoms with van der Waals surface area (Å²) < 4.78 is 0. The molecule has 4 rings (SSSR count). The first-order chi connectivity index (χ1) is 12.3. The molecule has 4 aromatic rings. The van der Waals surface area contributed by atoms with Crippen LogP contribution in [-0.4, -0.2) is 20.9 Å². The van der Waals surface area contributed by atoms with Crippen molar-refractivity contribution in [2.24, 2.45) is 0 Å². The summed E-state index contributed by atoms with van der Waals surface area (Å²) in [6.45, 7) is 0.441. The SMILES string of the molecule is O=C(NCc1ccnc(-c2ccsc2)c1)c1ccc2nccnc2c1. The number of thiophene rings is 1. The van der Waals surface area contributed by atoms with E-state index in [2.05, 4.69) is 25.6 Å². The minimum Gasteiger partial charge on any atom is -0.348 e. The maximum absolute atomic E-state index is 12.4. The van der Waals surface area contributed by atoms with Crippen molar-refractivity contribution < 1.29 is 4.79 Å². The third-order valence-corrected chi connectivity index (χ3v) is 4.51. The highest BCUT2D eigenvalue weighted by Gasteiger charge is 2.08. The Bertz CT molecular complexity index is 1030. The molecule has 0 saturated heterocycles. The lowest BCUT2D eigenvalue weighted by atomic mass is 10.1. The monoisotopic (exact) mass is 346 g/mol. The summed E-state index contributed by atoms with van der Waals surface area (Å²) in [5.74, 6) is -0.138. The maximum Gasteiger partial charge on any atom is 0.251 e. The number of hydrogen-bond donors (Lipinski definition) is 1. The zero-order valence-electron chi connectivity index (χ0n) is 13.2. The molecule has 0 aliphatic rings. The highest BCUT2D eigenvalue weighted by atomic mass is 32.1. The van der Waals surface area contributed by atoms with Crippen LogP contribution >= 0.6 is 11.3 Å². The zero-order valence-corrected chi connectivity index (χ0v) is 14.0. The van der Waals surface area contributed by atoms with Crippen molar-refractivity contribution in [3.05, 3.63) is 76.9 Å². The summed E-state index contributed by atoms with van der Waals surface area (Å²) in [6.07, 6.45) is 5.02. The van der Waals surface area contributed by atoms with Gasteiger partial charge in [-0.15, -0.1) is 0 Å². The van der Waals surface area contributed by atoms with E-state index in [1.165, 1.54) is 0 Å². The lowest BCUT2D eigenvalue weighted by Crippen LogP contribution is -2.22. The lowest BCUT2D eigenvalue weighted by Gasteiger charge is -2.07. The van der Waals surface area contributed by atoms with E-state index in [4.69, 9.17) is 0 Å². The van der Waals surface area contributed by atoms with Crippen LogP contribution in [0.1, 0.15) is 15.9 Å². The van der Waals surface area contributed by atoms with Crippen molar-refractivity contribution in [2.45, 2.75) is 6.54 Å². The molecule has 3 aromatic heterocycles. The van der Waals surface area contributed by atoms with Gasteiger partial charge in [-0.05, 0) is 47.3 Å². The number of rotatable bonds is 4. The molecule has 0 radical (unpaired) electrons. The summed E-state index contributed by atoms with van der Waals surface area (Å²) in [6, 6.07) is 11.2. The van der Waals surface area contributed by atoms with Crippen LogP contribution in [0.2, 0.25) is 0 Å². The van der Waals surface area contributed by atoms with E-state index in [1.807, 2.05) is 23.6 Å². The number of amides is 1. The number of fused-ring (bicyclic) bond motifs is 1. The van der Waals surface area contributed by atoms with Gasteiger partial charge >= 0.3 is 0 Å². The third-order valence-electron chi connectivity index (χ3n) is 3.83. The van der Waals surface area contributed by atoms with Crippen LogP contribution in [-0.2, 0) is 6.54 Å². The Morgan fingerprint density at radius 1 is 0.960 bits per heavy atom. The molecule has 25 heavy (non-hydrogen) atoms. The second-order valence-electron chi connectivity index (χ2n) is 5.50. The van der Waals surface area contributed by atoms with Gasteiger partial charge in [0.05, 0.1) is 16.7 Å². The van der Waals surface area contributed by atoms with Crippen molar-refractivity contribution >= 4 is 28.3 Å². The molecule has 0 spiro atoms. The Hall–Kier alpha value is -3.12. The smallest absolute Gasteiger partial charge is 0.251 e. The maximum atomic E-state index is 12.4. The van der Waals surface area contributed by atoms with Crippen LogP contribution in [0, 0.1) is 0 Å². The Balaban J connectivity index is 1.48. The molecule has 0 unspecified atom stereocenters. The predicted octanol–water partition coefficient (Wildman–Crippen LogP) is 3.68. The van der Waals surface area contributed by atoms with Crippen LogP contribution in [0.25, 0.3) is 22.3 Å². The van der Waals surface area contributed by atoms with Gasteiger partial charge in [-0.1, -0.05) is 0 Å². The quantitative estimate of drug-likeness (QED) is 0.612. The van der Waals surface area contributed by atoms with Crippen LogP contribution in [0.5, 0.6) is 0 Å². The fraction of sp³-hybridized carbons (Fsp3) is 0.0526. The number of carbonyl (C=O) groups excluding carboxylic acids is 1. The normalized spacial score (nSPS) is 10.7. The van der Waals surface area contributed by atoms with Crippen molar-refractivity contribution in [3.8, 4) is 11.3 Å². The molecule has 0 aliphatic carbocycles. The van der Waals surface area contributed by atoms with Crippen molar-refractivity contribution in [3.63, 3.8) is 0 Å². The van der Waals surface area contributed by atoms with E-state index in [-0.39, 0.29) is 5.91 Å². The van der Waals surface area contributed by atoms with Crippen molar-refractivity contribution in [1.29, 1.82) is 0 Å². The molecule has 1 amide bonds. The van der Waals surface area contributed by atoms with Gasteiger partial charge in [-0.2, -0.15) is 11.3 Å². The standard InChI is InChI=1S/C19H14N4OS/c24-19(14-1-2-16-18(10-14)22-7-6-21-16)23-11-13-3-5-20-17(9-13)15-4-8-25-12-15/h1-10,12H,11H2,(H,23,24). The summed E-state index contributed by atoms with van der Waals surface area (Å²) >= 11 is 1.64. The molecule has 0 saturated carbocycles. The average molecular weight is 346 g/mol. The molecule has 5 nitrogen and oxygen atoms in total. The molecule has 0 fully saturated rings. The van der Waals surface area contributed by atoms with Gasteiger partial charge in [0, 0.05) is 41.6 Å². The summed E-state index contributed by atoms with van der Waals surface area (Å²) in [7, 11) is 0. The molecular formula is C19H14N4OS. The second-order valence-corrected chi connectivity index (χ2v) is 6.28. The number of nitrogens with one attached hydrogen (secondary N) is 1. The van der Waals surface area contributed by atoms with Crippen molar-refractivity contribution in [2.75, 3.05) is 0 Å². The molecule has 1 aromatic carbocycles. The van der Waals surface area contributed by atoms with E-state index in [0.29, 0.717) is 17.6 Å². The Morgan fingerprint density at radius 2 is 1.84 bits per heavy atom. The van der Waals surface area contributed by atoms with Gasteiger partial charge in [0.2, 0.25) is 0 Å². The number of hydrogen-bond acceptors (Lipinski definition) is 5. The average Bonchev–Trinajstić information content (AvgIpc) is 3.21. The van der Waals surface area contributed by atoms with E-state index in [0.717, 1.165) is 22.3 Å². The molecule has 6 heteroatoms. The highest BCUT2D eigenvalue weighted by molar-refractivity contribution is 7.08. The molecule has 3 heterocycles. The van der Waals surface area contributed by atoms with Gasteiger partial charge in [0.15, 0.2) is 0 Å². The summed E-state index contributed by atoms with van der Waals surface area (Å²) in [4.78, 5) is 25.2. The molecule has 0 bridgehead atoms. The minimum absolute atomic E-state index is 0.138. The Labute approximate surface area is 148 Å². The zero-order chi connectivity index (χ0) is 17.1. The third kappa shape index (κ3) is 3.39. The first kappa shape index (κ1) is 15.4. The Morgan fingerprint density at radius 3 is 2.68 bits per heavy atom. The van der Waals surface area contributed by atoms with Crippen LogP contribution in [0.4, 0.5) is 0 Å². The Kier molecular flexibility index (Phi) is 4.18. The van der Waals surface area contributed by atoms with Gasteiger partial charge in [-0.25, -0.2) is 0 Å². The highest BCUT2D eigenvalue weighted by Crippen LogP contribution is 2.20. The fourth-order valence-electron chi connectivity index (χ4n) is 2.54. The van der Waals surface area contributed by atoms with Crippen LogP contribution < -0.4 is 5.32 Å². The van der Waals surface area contributed by atoms with Gasteiger partial charge in [0.1, 0.15) is 0 Å². The topological polar surface area (TPSA) is 67.8 Å². The number of nitrogens with zero attached hydrogens (tertiary/aromatic N) is 3. The van der Waals surface area contributed by atoms with E-state index in [1.54, 1.807) is 48.1 Å². The largest absolute Gasteiger partial charge is 0.348 e. The second kappa shape index (κ2) is 6.78. The van der Waals surface area contributed by atoms with E-state index >= 15 is 0 Å². The molecule has 0 atom stereocenters. The summed E-state index contributed by atoms with van der Waals surface area (Å²) in [5.41, 5.74) is 5.05. The van der Waals surface area contributed by atoms with Crippen molar-refractivity contribution in [1.82, 2.24) is 20.3 Å². The first-order valence-corrected chi connectivity index (χ1v) is 8.70. The molecular weight excluding hydrogens is 332 g/mol. The number of aromatic nitrogens is 3. The minimum atomic E-state index is -0.138. The van der Waals surface area contributed by atoms with E-state index in [9.17, 15) is 4.79 Å². The van der Waals surface area contributed by atoms with Gasteiger partial charge < -0.3 is 5.32 Å². The number of carbonyl (C=O) groups is 1. The lowest BCUT2D eigenvalue weighted by molar-refractivity contribution is 0.0951. The van der Waals surface area contributed by atoms with E-state index < -0.39 is 0 Å². The molecule has 1 N–H and O–H groups in total. The van der Waals surface area contributed by atoms with Crippen LogP contribution in [0.3, 0.4) is 0 Å². The van der Waals surface area contributed by atoms with Gasteiger partial charge in [0.25, 0.3) is 5.91 Å². The fourth-order valence-corrected chi connectivity index (χ4v) is 3.19. The summed E-state index contributed by atoms with van der Waals surface area (Å²) in [5, 5.41) is 7.02. The number of benzene rings is 1. The van der Waals surface area contributed by atoms with Gasteiger partial charge in [-0.3, -0.25) is 19.7 Å². The molecule has 122 valence electrons.